The van der Waals surface area contributed by atoms with Crippen LogP contribution in [0.2, 0.25) is 5.02 Å². The summed E-state index contributed by atoms with van der Waals surface area (Å²) in [5.74, 6) is 0.905. The first-order valence-corrected chi connectivity index (χ1v) is 13.7. The lowest BCUT2D eigenvalue weighted by atomic mass is 9.88. The van der Waals surface area contributed by atoms with Gasteiger partial charge in [0.2, 0.25) is 0 Å². The van der Waals surface area contributed by atoms with Crippen molar-refractivity contribution in [2.75, 3.05) is 0 Å². The molecule has 2 aliphatic heterocycles. The van der Waals surface area contributed by atoms with E-state index in [9.17, 15) is 9.59 Å². The summed E-state index contributed by atoms with van der Waals surface area (Å²) >= 11 is 6.36. The molecule has 0 spiro atoms. The lowest BCUT2D eigenvalue weighted by Gasteiger charge is -2.20. The number of nitrogens with zero attached hydrogens (tertiary/aromatic N) is 6. The summed E-state index contributed by atoms with van der Waals surface area (Å²) in [7, 11) is 0. The van der Waals surface area contributed by atoms with Crippen molar-refractivity contribution in [3.05, 3.63) is 104 Å². The second-order valence-corrected chi connectivity index (χ2v) is 11.5. The van der Waals surface area contributed by atoms with E-state index in [4.69, 9.17) is 16.6 Å². The summed E-state index contributed by atoms with van der Waals surface area (Å²) in [5.41, 5.74) is 9.63. The van der Waals surface area contributed by atoms with Crippen molar-refractivity contribution in [1.82, 2.24) is 24.8 Å². The molecule has 196 valence electrons. The molecule has 0 radical (unpaired) electrons. The maximum Gasteiger partial charge on any atom is 0.251 e. The van der Waals surface area contributed by atoms with Crippen LogP contribution in [0.1, 0.15) is 54.1 Å². The highest BCUT2D eigenvalue weighted by molar-refractivity contribution is 6.31. The van der Waals surface area contributed by atoms with E-state index in [1.807, 2.05) is 35.9 Å². The van der Waals surface area contributed by atoms with Crippen LogP contribution in [-0.4, -0.2) is 36.3 Å². The van der Waals surface area contributed by atoms with E-state index in [0.717, 1.165) is 62.5 Å². The molecule has 1 fully saturated rings. The van der Waals surface area contributed by atoms with Gasteiger partial charge in [-0.15, -0.1) is 5.10 Å². The van der Waals surface area contributed by atoms with E-state index in [0.29, 0.717) is 29.7 Å². The molecule has 2 aliphatic carbocycles. The second-order valence-electron chi connectivity index (χ2n) is 11.0. The molecule has 8 rings (SSSR count). The Balaban J connectivity index is 1.11. The van der Waals surface area contributed by atoms with Gasteiger partial charge in [0, 0.05) is 53.0 Å². The summed E-state index contributed by atoms with van der Waals surface area (Å²) < 4.78 is 3.53. The Kier molecular flexibility index (Phi) is 5.00. The number of rotatable bonds is 4. The van der Waals surface area contributed by atoms with Gasteiger partial charge in [-0.3, -0.25) is 14.6 Å². The number of pyridine rings is 1. The zero-order chi connectivity index (χ0) is 27.1. The maximum atomic E-state index is 13.7. The highest BCUT2D eigenvalue weighted by atomic mass is 35.5. The van der Waals surface area contributed by atoms with Crippen molar-refractivity contribution in [1.29, 1.82) is 0 Å². The predicted molar refractivity (Wildman–Crippen MR) is 153 cm³/mol. The van der Waals surface area contributed by atoms with Crippen LogP contribution in [0, 0.1) is 5.92 Å². The summed E-state index contributed by atoms with van der Waals surface area (Å²) in [6, 6.07) is 15.6. The third-order valence-corrected chi connectivity index (χ3v) is 8.88. The minimum atomic E-state index is -0.0393. The van der Waals surface area contributed by atoms with Crippen LogP contribution in [0.3, 0.4) is 0 Å². The molecule has 4 heterocycles. The predicted octanol–water partition coefficient (Wildman–Crippen LogP) is 5.22. The molecule has 0 amide bonds. The molecule has 3 atom stereocenters. The molecule has 4 aliphatic rings. The van der Waals surface area contributed by atoms with E-state index in [-0.39, 0.29) is 17.4 Å². The molecular formula is C31H23ClN6O2. The Labute approximate surface area is 234 Å². The van der Waals surface area contributed by atoms with Gasteiger partial charge in [-0.25, -0.2) is 0 Å². The van der Waals surface area contributed by atoms with Gasteiger partial charge in [0.05, 0.1) is 11.7 Å². The van der Waals surface area contributed by atoms with Crippen molar-refractivity contribution in [2.45, 2.75) is 38.1 Å². The molecule has 8 nitrogen and oxygen atoms in total. The average molecular weight is 547 g/mol. The number of allylic oxidation sites excluding steroid dienone is 2. The number of Topliss-reactive ketones (excluding diaryl/α,β-unsaturated/α-hetero) is 1. The zero-order valence-electron chi connectivity index (χ0n) is 21.6. The molecule has 1 saturated carbocycles. The molecule has 2 aromatic heterocycles. The van der Waals surface area contributed by atoms with Crippen molar-refractivity contribution in [3.8, 4) is 16.8 Å². The van der Waals surface area contributed by atoms with Crippen molar-refractivity contribution in [2.24, 2.45) is 10.9 Å². The van der Waals surface area contributed by atoms with Crippen molar-refractivity contribution in [3.63, 3.8) is 0 Å². The number of hydrogen-bond donors (Lipinski definition) is 0. The monoisotopic (exact) mass is 546 g/mol. The molecule has 0 bridgehead atoms. The zero-order valence-corrected chi connectivity index (χ0v) is 22.3. The van der Waals surface area contributed by atoms with Gasteiger partial charge in [0.1, 0.15) is 6.33 Å². The SMILES string of the molecule is CC1=Cc2cc(C3=CN=C(C4C5CC5c5cc(-c6cc(Cl)ccc6-n6cnnn6)cc(=O)n54)C3)ccc2CC1=O. The molecule has 0 N–H and O–H groups in total. The summed E-state index contributed by atoms with van der Waals surface area (Å²) in [6.07, 6.45) is 7.67. The lowest BCUT2D eigenvalue weighted by molar-refractivity contribution is -0.114. The van der Waals surface area contributed by atoms with Gasteiger partial charge in [-0.2, -0.15) is 4.68 Å². The number of tetrazole rings is 1. The van der Waals surface area contributed by atoms with E-state index in [2.05, 4.69) is 39.8 Å². The molecule has 2 aromatic carbocycles. The number of aromatic nitrogens is 5. The van der Waals surface area contributed by atoms with E-state index < -0.39 is 0 Å². The largest absolute Gasteiger partial charge is 0.303 e. The average Bonchev–Trinajstić information content (AvgIpc) is 3.28. The Bertz CT molecular complexity index is 1920. The van der Waals surface area contributed by atoms with Gasteiger partial charge < -0.3 is 4.57 Å². The smallest absolute Gasteiger partial charge is 0.251 e. The van der Waals surface area contributed by atoms with Crippen LogP contribution in [0.25, 0.3) is 28.5 Å². The molecule has 0 saturated heterocycles. The first-order valence-electron chi connectivity index (χ1n) is 13.3. The Hall–Kier alpha value is -4.43. The quantitative estimate of drug-likeness (QED) is 0.350. The van der Waals surface area contributed by atoms with Crippen LogP contribution >= 0.6 is 11.6 Å². The number of hydrogen-bond acceptors (Lipinski definition) is 6. The van der Waals surface area contributed by atoms with Crippen LogP contribution in [0.5, 0.6) is 0 Å². The van der Waals surface area contributed by atoms with Gasteiger partial charge in [0.25, 0.3) is 5.56 Å². The summed E-state index contributed by atoms with van der Waals surface area (Å²) in [4.78, 5) is 30.6. The first-order chi connectivity index (χ1) is 19.4. The number of carbonyl (C=O) groups excluding carboxylic acids is 1. The minimum Gasteiger partial charge on any atom is -0.303 e. The highest BCUT2D eigenvalue weighted by Crippen LogP contribution is 2.60. The normalized spacial score (nSPS) is 22.3. The number of halogens is 1. The summed E-state index contributed by atoms with van der Waals surface area (Å²) in [5, 5.41) is 12.1. The van der Waals surface area contributed by atoms with Gasteiger partial charge >= 0.3 is 0 Å². The highest BCUT2D eigenvalue weighted by Gasteiger charge is 2.54. The fourth-order valence-corrected chi connectivity index (χ4v) is 6.73. The number of carbonyl (C=O) groups is 1. The summed E-state index contributed by atoms with van der Waals surface area (Å²) in [6.45, 7) is 1.87. The van der Waals surface area contributed by atoms with Gasteiger partial charge in [0.15, 0.2) is 5.78 Å². The fourth-order valence-electron chi connectivity index (χ4n) is 6.56. The van der Waals surface area contributed by atoms with Crippen molar-refractivity contribution >= 4 is 34.7 Å². The number of ketones is 1. The Morgan fingerprint density at radius 1 is 1.00 bits per heavy atom. The molecule has 9 heteroatoms. The van der Waals surface area contributed by atoms with Crippen LogP contribution in [0.15, 0.2) is 76.4 Å². The Morgan fingerprint density at radius 3 is 2.75 bits per heavy atom. The van der Waals surface area contributed by atoms with Gasteiger partial charge in [-0.05, 0) is 99.5 Å². The lowest BCUT2D eigenvalue weighted by Crippen LogP contribution is -2.29. The molecular weight excluding hydrogens is 524 g/mol. The van der Waals surface area contributed by atoms with Crippen LogP contribution in [0.4, 0.5) is 0 Å². The van der Waals surface area contributed by atoms with Crippen molar-refractivity contribution < 1.29 is 4.79 Å². The number of fused-ring (bicyclic) bond motifs is 4. The third kappa shape index (κ3) is 3.59. The topological polar surface area (TPSA) is 95.0 Å². The standard InChI is InChI=1S/C31H23ClN6O2/c1-16-6-19-7-17(2-3-18(19)10-29(16)39)21-8-26(33-14-21)31-25-13-24(25)28-9-20(11-30(40)38(28)31)23-12-22(32)4-5-27(23)37-15-34-35-36-37/h2-7,9,11-12,14-15,24-25,31H,8,10,13H2,1H3. The van der Waals surface area contributed by atoms with Crippen LogP contribution < -0.4 is 5.56 Å². The van der Waals surface area contributed by atoms with E-state index >= 15 is 0 Å². The van der Waals surface area contributed by atoms with E-state index in [1.165, 1.54) is 6.33 Å². The second kappa shape index (κ2) is 8.53. The molecule has 4 aromatic rings. The maximum absolute atomic E-state index is 13.7. The number of aliphatic imine (C=N–C) groups is 1. The Morgan fingerprint density at radius 2 is 1.90 bits per heavy atom. The van der Waals surface area contributed by atoms with Gasteiger partial charge in [-0.1, -0.05) is 23.7 Å². The molecule has 3 unspecified atom stereocenters. The number of benzene rings is 2. The van der Waals surface area contributed by atoms with E-state index in [1.54, 1.807) is 16.8 Å². The first kappa shape index (κ1) is 23.5. The van der Waals surface area contributed by atoms with Crippen LogP contribution in [-0.2, 0) is 11.2 Å². The third-order valence-electron chi connectivity index (χ3n) is 8.65. The minimum absolute atomic E-state index is 0.0361. The fraction of sp³-hybridized carbons (Fsp3) is 0.226. The molecule has 40 heavy (non-hydrogen) atoms.